The highest BCUT2D eigenvalue weighted by Gasteiger charge is 2.10. The van der Waals surface area contributed by atoms with Gasteiger partial charge in [-0.15, -0.1) is 0 Å². The van der Waals surface area contributed by atoms with Gasteiger partial charge < -0.3 is 5.73 Å². The maximum atomic E-state index is 6.21. The highest BCUT2D eigenvalue weighted by Crippen LogP contribution is 2.31. The number of aryl methyl sites for hydroxylation is 2. The zero-order chi connectivity index (χ0) is 12.4. The van der Waals surface area contributed by atoms with E-state index in [-0.39, 0.29) is 0 Å². The van der Waals surface area contributed by atoms with Crippen LogP contribution in [0.3, 0.4) is 0 Å². The summed E-state index contributed by atoms with van der Waals surface area (Å²) in [5.74, 6) is 0. The molecule has 17 heavy (non-hydrogen) atoms. The standard InChI is InChI=1S/C13H16ClN3/c1-3-6-17-8-12(9(2)16-17)11-5-4-10(15)7-13(11)14/h4-5,7-8H,3,6,15H2,1-2H3. The van der Waals surface area contributed by atoms with E-state index in [1.54, 1.807) is 6.07 Å². The zero-order valence-electron chi connectivity index (χ0n) is 10.1. The lowest BCUT2D eigenvalue weighted by atomic mass is 10.1. The summed E-state index contributed by atoms with van der Waals surface area (Å²) < 4.78 is 1.96. The van der Waals surface area contributed by atoms with Crippen LogP contribution in [-0.2, 0) is 6.54 Å². The van der Waals surface area contributed by atoms with Gasteiger partial charge in [-0.3, -0.25) is 4.68 Å². The Balaban J connectivity index is 2.45. The zero-order valence-corrected chi connectivity index (χ0v) is 10.8. The molecule has 1 aromatic heterocycles. The summed E-state index contributed by atoms with van der Waals surface area (Å²) in [4.78, 5) is 0. The van der Waals surface area contributed by atoms with Crippen molar-refractivity contribution >= 4 is 17.3 Å². The number of rotatable bonds is 3. The van der Waals surface area contributed by atoms with Gasteiger partial charge in [0.1, 0.15) is 0 Å². The summed E-state index contributed by atoms with van der Waals surface area (Å²) in [6.45, 7) is 5.05. The van der Waals surface area contributed by atoms with E-state index in [0.717, 1.165) is 29.8 Å². The summed E-state index contributed by atoms with van der Waals surface area (Å²) >= 11 is 6.21. The van der Waals surface area contributed by atoms with E-state index >= 15 is 0 Å². The topological polar surface area (TPSA) is 43.8 Å². The van der Waals surface area contributed by atoms with Crippen LogP contribution >= 0.6 is 11.6 Å². The summed E-state index contributed by atoms with van der Waals surface area (Å²) in [5.41, 5.74) is 9.42. The van der Waals surface area contributed by atoms with Gasteiger partial charge in [-0.05, 0) is 25.5 Å². The highest BCUT2D eigenvalue weighted by molar-refractivity contribution is 6.33. The molecule has 90 valence electrons. The lowest BCUT2D eigenvalue weighted by Crippen LogP contribution is -1.96. The molecule has 2 rings (SSSR count). The molecule has 0 aliphatic rings. The number of nitrogens with two attached hydrogens (primary N) is 1. The third-order valence-electron chi connectivity index (χ3n) is 2.68. The normalized spacial score (nSPS) is 10.8. The number of anilines is 1. The molecule has 1 aromatic carbocycles. The van der Waals surface area contributed by atoms with Crippen LogP contribution in [0.5, 0.6) is 0 Å². The summed E-state index contributed by atoms with van der Waals surface area (Å²) in [5, 5.41) is 5.14. The van der Waals surface area contributed by atoms with Crippen molar-refractivity contribution in [2.75, 3.05) is 5.73 Å². The van der Waals surface area contributed by atoms with Crippen molar-refractivity contribution in [2.45, 2.75) is 26.8 Å². The van der Waals surface area contributed by atoms with Crippen LogP contribution in [-0.4, -0.2) is 9.78 Å². The number of nitrogens with zero attached hydrogens (tertiary/aromatic N) is 2. The van der Waals surface area contributed by atoms with Gasteiger partial charge in [0.25, 0.3) is 0 Å². The van der Waals surface area contributed by atoms with Gasteiger partial charge >= 0.3 is 0 Å². The number of hydrogen-bond donors (Lipinski definition) is 1. The summed E-state index contributed by atoms with van der Waals surface area (Å²) in [6.07, 6.45) is 3.10. The Hall–Kier alpha value is -1.48. The quantitative estimate of drug-likeness (QED) is 0.846. The molecular weight excluding hydrogens is 234 g/mol. The molecule has 4 heteroatoms. The van der Waals surface area contributed by atoms with Gasteiger partial charge in [0.05, 0.1) is 10.7 Å². The van der Waals surface area contributed by atoms with Gasteiger partial charge in [0, 0.05) is 29.6 Å². The average Bonchev–Trinajstić information content (AvgIpc) is 2.60. The van der Waals surface area contributed by atoms with Gasteiger partial charge in [-0.25, -0.2) is 0 Å². The molecule has 1 heterocycles. The Bertz CT molecular complexity index is 531. The molecule has 0 saturated carbocycles. The SMILES string of the molecule is CCCn1cc(-c2ccc(N)cc2Cl)c(C)n1. The monoisotopic (exact) mass is 249 g/mol. The Morgan fingerprint density at radius 1 is 1.35 bits per heavy atom. The molecule has 0 aliphatic carbocycles. The van der Waals surface area contributed by atoms with Crippen LogP contribution in [0.4, 0.5) is 5.69 Å². The van der Waals surface area contributed by atoms with Crippen LogP contribution < -0.4 is 5.73 Å². The van der Waals surface area contributed by atoms with Crippen molar-refractivity contribution in [3.63, 3.8) is 0 Å². The average molecular weight is 250 g/mol. The molecule has 0 aliphatic heterocycles. The molecule has 0 atom stereocenters. The third kappa shape index (κ3) is 2.44. The molecule has 0 amide bonds. The fraction of sp³-hybridized carbons (Fsp3) is 0.308. The Morgan fingerprint density at radius 2 is 2.12 bits per heavy atom. The van der Waals surface area contributed by atoms with Crippen LogP contribution in [0.15, 0.2) is 24.4 Å². The number of benzene rings is 1. The summed E-state index contributed by atoms with van der Waals surface area (Å²) in [6, 6.07) is 5.57. The van der Waals surface area contributed by atoms with E-state index in [4.69, 9.17) is 17.3 Å². The van der Waals surface area contributed by atoms with E-state index in [2.05, 4.69) is 12.0 Å². The summed E-state index contributed by atoms with van der Waals surface area (Å²) in [7, 11) is 0. The predicted molar refractivity (Wildman–Crippen MR) is 72.1 cm³/mol. The predicted octanol–water partition coefficient (Wildman–Crippen LogP) is 3.50. The van der Waals surface area contributed by atoms with Crippen LogP contribution in [0, 0.1) is 6.92 Å². The van der Waals surface area contributed by atoms with Crippen molar-refractivity contribution in [1.29, 1.82) is 0 Å². The van der Waals surface area contributed by atoms with Gasteiger partial charge in [0.2, 0.25) is 0 Å². The largest absolute Gasteiger partial charge is 0.399 e. The Kier molecular flexibility index (Phi) is 3.38. The van der Waals surface area contributed by atoms with Gasteiger partial charge in [-0.2, -0.15) is 5.10 Å². The number of nitrogen functional groups attached to an aromatic ring is 1. The molecule has 3 nitrogen and oxygen atoms in total. The molecule has 0 unspecified atom stereocenters. The number of hydrogen-bond acceptors (Lipinski definition) is 2. The van der Waals surface area contributed by atoms with Crippen molar-refractivity contribution in [3.05, 3.63) is 35.1 Å². The molecule has 0 bridgehead atoms. The van der Waals surface area contributed by atoms with Crippen LogP contribution in [0.2, 0.25) is 5.02 Å². The van der Waals surface area contributed by atoms with Crippen LogP contribution in [0.25, 0.3) is 11.1 Å². The van der Waals surface area contributed by atoms with E-state index in [1.807, 2.05) is 29.9 Å². The Morgan fingerprint density at radius 3 is 2.76 bits per heavy atom. The van der Waals surface area contributed by atoms with E-state index in [9.17, 15) is 0 Å². The third-order valence-corrected chi connectivity index (χ3v) is 3.00. The second kappa shape index (κ2) is 4.80. The minimum Gasteiger partial charge on any atom is -0.399 e. The molecular formula is C13H16ClN3. The van der Waals surface area contributed by atoms with E-state index in [1.165, 1.54) is 0 Å². The molecule has 0 spiro atoms. The van der Waals surface area contributed by atoms with Gasteiger partial charge in [-0.1, -0.05) is 24.6 Å². The molecule has 0 radical (unpaired) electrons. The minimum atomic E-state index is 0.671. The number of halogens is 1. The van der Waals surface area contributed by atoms with E-state index < -0.39 is 0 Å². The molecule has 0 saturated heterocycles. The van der Waals surface area contributed by atoms with Crippen molar-refractivity contribution in [3.8, 4) is 11.1 Å². The maximum Gasteiger partial charge on any atom is 0.0672 e. The molecule has 2 N–H and O–H groups in total. The van der Waals surface area contributed by atoms with Gasteiger partial charge in [0.15, 0.2) is 0 Å². The fourth-order valence-electron chi connectivity index (χ4n) is 1.88. The second-order valence-corrected chi connectivity index (χ2v) is 4.54. The van der Waals surface area contributed by atoms with Crippen LogP contribution in [0.1, 0.15) is 19.0 Å². The first-order chi connectivity index (χ1) is 8.11. The highest BCUT2D eigenvalue weighted by atomic mass is 35.5. The first-order valence-corrected chi connectivity index (χ1v) is 6.09. The lowest BCUT2D eigenvalue weighted by molar-refractivity contribution is 0.598. The lowest BCUT2D eigenvalue weighted by Gasteiger charge is -2.03. The molecule has 0 fully saturated rings. The smallest absolute Gasteiger partial charge is 0.0672 e. The minimum absolute atomic E-state index is 0.671. The Labute approximate surface area is 106 Å². The fourth-order valence-corrected chi connectivity index (χ4v) is 2.17. The van der Waals surface area contributed by atoms with E-state index in [0.29, 0.717) is 10.7 Å². The second-order valence-electron chi connectivity index (χ2n) is 4.13. The maximum absolute atomic E-state index is 6.21. The number of aromatic nitrogens is 2. The van der Waals surface area contributed by atoms with Crippen molar-refractivity contribution < 1.29 is 0 Å². The molecule has 2 aromatic rings. The first-order valence-electron chi connectivity index (χ1n) is 5.71. The van der Waals surface area contributed by atoms with Crippen molar-refractivity contribution in [2.24, 2.45) is 0 Å². The first kappa shape index (κ1) is 12.0. The van der Waals surface area contributed by atoms with Crippen molar-refractivity contribution in [1.82, 2.24) is 9.78 Å².